The number of carbonyl (C=O) groups is 4. The number of nitrogens with zero attached hydrogens (tertiary/aromatic N) is 2. The van der Waals surface area contributed by atoms with Gasteiger partial charge in [-0.2, -0.15) is 0 Å². The van der Waals surface area contributed by atoms with Crippen LogP contribution in [0.15, 0.2) is 0 Å². The van der Waals surface area contributed by atoms with Gasteiger partial charge in [0.25, 0.3) is 0 Å². The zero-order valence-electron chi connectivity index (χ0n) is 30.0. The van der Waals surface area contributed by atoms with Crippen LogP contribution in [-0.4, -0.2) is 145 Å². The molecule has 10 nitrogen and oxygen atoms in total. The Kier molecular flexibility index (Phi) is 31.9. The fourth-order valence-electron chi connectivity index (χ4n) is 5.61. The van der Waals surface area contributed by atoms with Gasteiger partial charge in [0.1, 0.15) is 0 Å². The Balaban J connectivity index is 4.50. The van der Waals surface area contributed by atoms with Gasteiger partial charge in [-0.1, -0.05) is 65.2 Å². The maximum absolute atomic E-state index is 12.4. The number of carboxylic acid groups (broad SMARTS) is 2. The molecule has 0 heterocycles. The molecule has 0 bridgehead atoms. The number of carboxylic acids is 2. The Hall–Kier alpha value is -0.200. The van der Waals surface area contributed by atoms with Gasteiger partial charge in [0.15, 0.2) is 0 Å². The van der Waals surface area contributed by atoms with E-state index in [1.807, 2.05) is 9.80 Å². The van der Waals surface area contributed by atoms with Crippen LogP contribution in [0.3, 0.4) is 0 Å². The summed E-state index contributed by atoms with van der Waals surface area (Å²) in [6, 6.07) is 0. The van der Waals surface area contributed by atoms with Gasteiger partial charge in [-0.05, 0) is 0 Å². The van der Waals surface area contributed by atoms with Gasteiger partial charge >= 0.3 is 252 Å². The van der Waals surface area contributed by atoms with Gasteiger partial charge in [0.2, 0.25) is 0 Å². The molecule has 0 fully saturated rings. The van der Waals surface area contributed by atoms with Crippen LogP contribution in [0.5, 0.6) is 0 Å². The summed E-state index contributed by atoms with van der Waals surface area (Å²) >= 11 is 0.815. The second-order valence-electron chi connectivity index (χ2n) is 13.0. The van der Waals surface area contributed by atoms with Gasteiger partial charge < -0.3 is 0 Å². The Bertz CT molecular complexity index is 744. The monoisotopic (exact) mass is 670 g/mol. The molecule has 0 radical (unpaired) electrons. The van der Waals surface area contributed by atoms with Crippen molar-refractivity contribution in [3.63, 3.8) is 0 Å². The molecule has 2 atom stereocenters. The second kappa shape index (κ2) is 32.0. The summed E-state index contributed by atoms with van der Waals surface area (Å²) in [7, 11) is 0. The van der Waals surface area contributed by atoms with E-state index in [4.69, 9.17) is 0 Å². The summed E-state index contributed by atoms with van der Waals surface area (Å²) in [5, 5.41) is 25.3. The zero-order valence-corrected chi connectivity index (χ0v) is 34.0. The van der Waals surface area contributed by atoms with Gasteiger partial charge in [-0.3, -0.25) is 0 Å². The van der Waals surface area contributed by atoms with E-state index in [0.29, 0.717) is 108 Å². The third-order valence-corrected chi connectivity index (χ3v) is 11.4. The average molecular weight is 671 g/mol. The van der Waals surface area contributed by atoms with E-state index < -0.39 is 18.5 Å². The molecule has 258 valence electrons. The first-order chi connectivity index (χ1) is 22.1. The molecule has 0 rings (SSSR count). The minimum atomic E-state index is -0.899. The van der Waals surface area contributed by atoms with E-state index in [2.05, 4.69) is 24.5 Å². The number of hydrogen-bond donors (Lipinski definition) is 4. The molecule has 0 aliphatic heterocycles. The Morgan fingerprint density at radius 3 is 1.07 bits per heavy atom. The molecule has 0 aromatic carbocycles. The van der Waals surface area contributed by atoms with Crippen LogP contribution in [0.25, 0.3) is 0 Å². The first-order valence-electron chi connectivity index (χ1n) is 18.6. The van der Waals surface area contributed by atoms with Gasteiger partial charge in [0, 0.05) is 0 Å². The fraction of sp³-hybridized carbons (Fsp3) is 0.882. The molecule has 0 aromatic rings. The first kappa shape index (κ1) is 45.8. The zero-order chi connectivity index (χ0) is 34.4. The number of unbranched alkanes of at least 4 members (excludes halogenated alkanes) is 16. The molecule has 2 unspecified atom stereocenters. The molecule has 0 saturated heterocycles. The Labute approximate surface area is 315 Å². The van der Waals surface area contributed by atoms with Crippen molar-refractivity contribution in [2.24, 2.45) is 0 Å². The molecule has 0 aromatic heterocycles. The number of aliphatic carboxylic acids is 2. The molecule has 2 amide bonds. The SMILES string of the molecule is CCCCCCCCCCCC(=O)NCCN(CCN(CCNC(=O)CCCCCCCCCCC)[CH]([Na])C(=O)O)[CH]([Na])C(=O)O. The molecule has 46 heavy (non-hydrogen) atoms. The molecular formula is C34H64N4Na2O6. The van der Waals surface area contributed by atoms with Crippen LogP contribution in [0.2, 0.25) is 0 Å². The molecule has 0 aliphatic carbocycles. The summed E-state index contributed by atoms with van der Waals surface area (Å²) in [5.41, 5.74) is 0. The van der Waals surface area contributed by atoms with Crippen molar-refractivity contribution < 1.29 is 29.4 Å². The molecule has 4 N–H and O–H groups in total. The van der Waals surface area contributed by atoms with Gasteiger partial charge in [-0.25, -0.2) is 0 Å². The molecule has 12 heteroatoms. The average Bonchev–Trinajstić information content (AvgIpc) is 3.02. The van der Waals surface area contributed by atoms with E-state index >= 15 is 0 Å². The number of rotatable bonds is 33. The summed E-state index contributed by atoms with van der Waals surface area (Å²) < 4.78 is -1.27. The molecule has 0 spiro atoms. The van der Waals surface area contributed by atoms with Crippen LogP contribution in [0.1, 0.15) is 142 Å². The quantitative estimate of drug-likeness (QED) is 0.0576. The normalized spacial score (nSPS) is 12.8. The van der Waals surface area contributed by atoms with E-state index in [9.17, 15) is 29.4 Å². The van der Waals surface area contributed by atoms with Gasteiger partial charge in [0.05, 0.1) is 0 Å². The van der Waals surface area contributed by atoms with Crippen molar-refractivity contribution in [3.05, 3.63) is 0 Å². The Morgan fingerprint density at radius 1 is 0.500 bits per heavy atom. The van der Waals surface area contributed by atoms with Crippen molar-refractivity contribution in [2.75, 3.05) is 39.3 Å². The van der Waals surface area contributed by atoms with Crippen LogP contribution in [0.4, 0.5) is 0 Å². The van der Waals surface area contributed by atoms with Crippen LogP contribution in [-0.2, 0) is 19.2 Å². The second-order valence-corrected chi connectivity index (χ2v) is 15.1. The number of carbonyl (C=O) groups excluding carboxylic acids is 2. The molecule has 0 saturated carbocycles. The van der Waals surface area contributed by atoms with Crippen molar-refractivity contribution in [2.45, 2.75) is 149 Å². The van der Waals surface area contributed by atoms with Gasteiger partial charge in [-0.15, -0.1) is 0 Å². The number of nitrogens with one attached hydrogen (secondary N) is 2. The van der Waals surface area contributed by atoms with Crippen LogP contribution in [0, 0.1) is 0 Å². The summed E-state index contributed by atoms with van der Waals surface area (Å²) in [6.45, 7) is 6.72. The predicted octanol–water partition coefficient (Wildman–Crippen LogP) is 4.82. The van der Waals surface area contributed by atoms with E-state index in [-0.39, 0.29) is 11.8 Å². The van der Waals surface area contributed by atoms with E-state index in [1.165, 1.54) is 77.0 Å². The first-order valence-corrected chi connectivity index (χ1v) is 20.9. The van der Waals surface area contributed by atoms with Crippen LogP contribution >= 0.6 is 0 Å². The maximum atomic E-state index is 12.4. The summed E-state index contributed by atoms with van der Waals surface area (Å²) in [5.74, 6) is -1.81. The minimum absolute atomic E-state index is 0.00612. The van der Waals surface area contributed by atoms with Crippen molar-refractivity contribution in [3.8, 4) is 0 Å². The molecule has 0 aliphatic rings. The predicted molar refractivity (Wildman–Crippen MR) is 187 cm³/mol. The van der Waals surface area contributed by atoms with E-state index in [0.717, 1.165) is 38.5 Å². The third-order valence-electron chi connectivity index (χ3n) is 8.94. The number of hydrogen-bond acceptors (Lipinski definition) is 6. The third kappa shape index (κ3) is 26.7. The van der Waals surface area contributed by atoms with Crippen LogP contribution < -0.4 is 10.6 Å². The summed E-state index contributed by atoms with van der Waals surface area (Å²) in [4.78, 5) is 52.0. The molecular weight excluding hydrogens is 606 g/mol. The number of amides is 2. The van der Waals surface area contributed by atoms with Crippen molar-refractivity contribution >= 4 is 79.6 Å². The standard InChI is InChI=1S/C34H64N4O6.2Na/c1-3-5-7-9-11-13-15-17-19-21-31(39)35-23-25-37(29-33(41)42)27-28-38(30-34(43)44)26-24-36-32(40)22-20-18-16-14-12-10-8-6-4-2;;/h29-30H,3-28H2,1-2H3,(H,35,39)(H,36,40)(H,41,42)(H,43,44);;. The Morgan fingerprint density at radius 2 is 0.783 bits per heavy atom. The van der Waals surface area contributed by atoms with Crippen molar-refractivity contribution in [1.29, 1.82) is 0 Å². The fourth-order valence-corrected chi connectivity index (χ4v) is 6.65. The van der Waals surface area contributed by atoms with Crippen molar-refractivity contribution in [1.82, 2.24) is 20.4 Å². The topological polar surface area (TPSA) is 139 Å². The van der Waals surface area contributed by atoms with E-state index in [1.54, 1.807) is 0 Å². The summed E-state index contributed by atoms with van der Waals surface area (Å²) in [6.07, 6.45) is 22.5.